The third-order valence-electron chi connectivity index (χ3n) is 4.68. The molecule has 1 amide bonds. The fraction of sp³-hybridized carbons (Fsp3) is 0.350. The van der Waals surface area contributed by atoms with Gasteiger partial charge >= 0.3 is 0 Å². The Bertz CT molecular complexity index is 748. The van der Waals surface area contributed by atoms with Gasteiger partial charge in [-0.15, -0.1) is 0 Å². The zero-order chi connectivity index (χ0) is 17.6. The molecule has 1 aliphatic carbocycles. The first kappa shape index (κ1) is 17.1. The van der Waals surface area contributed by atoms with Gasteiger partial charge in [0.15, 0.2) is 5.82 Å². The summed E-state index contributed by atoms with van der Waals surface area (Å²) < 4.78 is 0. The maximum atomic E-state index is 11.9. The topological polar surface area (TPSA) is 74.8 Å². The summed E-state index contributed by atoms with van der Waals surface area (Å²) in [4.78, 5) is 30.1. The van der Waals surface area contributed by atoms with Crippen LogP contribution >= 0.6 is 0 Å². The molecule has 0 aliphatic heterocycles. The van der Waals surface area contributed by atoms with Crippen LogP contribution < -0.4 is 5.32 Å². The van der Waals surface area contributed by atoms with Gasteiger partial charge in [0.2, 0.25) is 11.7 Å². The Morgan fingerprint density at radius 2 is 1.96 bits per heavy atom. The van der Waals surface area contributed by atoms with E-state index in [1.54, 1.807) is 25.4 Å². The second-order valence-electron chi connectivity index (χ2n) is 6.50. The highest BCUT2D eigenvalue weighted by Crippen LogP contribution is 2.33. The molecule has 1 saturated carbocycles. The summed E-state index contributed by atoms with van der Waals surface area (Å²) in [6.45, 7) is 1.58. The Morgan fingerprint density at radius 3 is 2.64 bits per heavy atom. The summed E-state index contributed by atoms with van der Waals surface area (Å²) in [5.41, 5.74) is 2.21. The molecule has 25 heavy (non-hydrogen) atoms. The lowest BCUT2D eigenvalue weighted by Gasteiger charge is -2.32. The first-order valence-electron chi connectivity index (χ1n) is 8.72. The number of hydrogen-bond acceptors (Lipinski definition) is 3. The molecule has 2 atom stereocenters. The second kappa shape index (κ2) is 7.92. The first-order chi connectivity index (χ1) is 12.1. The molecule has 2 N–H and O–H groups in total. The highest BCUT2D eigenvalue weighted by molar-refractivity contribution is 6.04. The van der Waals surface area contributed by atoms with Crippen LogP contribution in [0.15, 0.2) is 42.7 Å². The van der Waals surface area contributed by atoms with Crippen molar-refractivity contribution in [3.05, 3.63) is 59.7 Å². The Kier molecular flexibility index (Phi) is 5.43. The van der Waals surface area contributed by atoms with Crippen LogP contribution in [0.1, 0.15) is 60.3 Å². The minimum absolute atomic E-state index is 0.0351. The van der Waals surface area contributed by atoms with Gasteiger partial charge in [-0.3, -0.25) is 9.59 Å². The molecule has 3 rings (SSSR count). The number of rotatable bonds is 5. The number of aromatic amines is 1. The molecule has 5 nitrogen and oxygen atoms in total. The minimum atomic E-state index is -0.146. The van der Waals surface area contributed by atoms with Gasteiger partial charge in [0.05, 0.1) is 0 Å². The van der Waals surface area contributed by atoms with E-state index in [0.29, 0.717) is 11.7 Å². The van der Waals surface area contributed by atoms with E-state index in [0.717, 1.165) is 24.8 Å². The Hall–Kier alpha value is -2.69. The van der Waals surface area contributed by atoms with E-state index in [-0.39, 0.29) is 17.7 Å². The smallest absolute Gasteiger partial charge is 0.221 e. The van der Waals surface area contributed by atoms with Crippen molar-refractivity contribution in [2.45, 2.75) is 44.6 Å². The average Bonchev–Trinajstić information content (AvgIpc) is 3.15. The van der Waals surface area contributed by atoms with Crippen LogP contribution in [-0.4, -0.2) is 27.7 Å². The fourth-order valence-electron chi connectivity index (χ4n) is 3.47. The van der Waals surface area contributed by atoms with E-state index in [1.807, 2.05) is 12.1 Å². The van der Waals surface area contributed by atoms with E-state index in [2.05, 4.69) is 27.4 Å². The number of allylic oxidation sites excluding steroid dienone is 1. The van der Waals surface area contributed by atoms with Gasteiger partial charge in [-0.1, -0.05) is 43.2 Å². The van der Waals surface area contributed by atoms with Gasteiger partial charge in [-0.25, -0.2) is 4.98 Å². The van der Waals surface area contributed by atoms with E-state index in [4.69, 9.17) is 0 Å². The van der Waals surface area contributed by atoms with Crippen LogP contribution in [0, 0.1) is 0 Å². The summed E-state index contributed by atoms with van der Waals surface area (Å²) in [6, 6.07) is 8.44. The third-order valence-corrected chi connectivity index (χ3v) is 4.68. The lowest BCUT2D eigenvalue weighted by Crippen LogP contribution is -2.39. The number of nitrogens with one attached hydrogen (secondary N) is 2. The molecule has 1 aliphatic rings. The quantitative estimate of drug-likeness (QED) is 0.648. The number of carbonyl (C=O) groups excluding carboxylic acids is 2. The first-order valence-corrected chi connectivity index (χ1v) is 8.72. The van der Waals surface area contributed by atoms with Crippen LogP contribution in [-0.2, 0) is 4.79 Å². The number of imidazole rings is 1. The van der Waals surface area contributed by atoms with Gasteiger partial charge in [-0.05, 0) is 30.0 Å². The van der Waals surface area contributed by atoms with Crippen molar-refractivity contribution in [3.8, 4) is 0 Å². The lowest BCUT2D eigenvalue weighted by molar-refractivity contribution is -0.120. The zero-order valence-corrected chi connectivity index (χ0v) is 14.4. The summed E-state index contributed by atoms with van der Waals surface area (Å²) in [6.07, 6.45) is 11.0. The van der Waals surface area contributed by atoms with Crippen molar-refractivity contribution < 1.29 is 9.59 Å². The van der Waals surface area contributed by atoms with Crippen molar-refractivity contribution in [1.82, 2.24) is 15.3 Å². The number of H-pyrrole nitrogens is 1. The van der Waals surface area contributed by atoms with Crippen molar-refractivity contribution in [2.75, 3.05) is 0 Å². The largest absolute Gasteiger partial charge is 0.353 e. The number of hydrogen-bond donors (Lipinski definition) is 2. The Balaban J connectivity index is 1.68. The number of aromatic nitrogens is 2. The number of nitrogens with zero attached hydrogens (tertiary/aromatic N) is 1. The molecule has 1 heterocycles. The molecule has 0 bridgehead atoms. The van der Waals surface area contributed by atoms with E-state index in [9.17, 15) is 9.59 Å². The van der Waals surface area contributed by atoms with Crippen molar-refractivity contribution in [3.63, 3.8) is 0 Å². The third kappa shape index (κ3) is 4.44. The van der Waals surface area contributed by atoms with Crippen LogP contribution in [0.4, 0.5) is 0 Å². The molecule has 0 spiro atoms. The predicted molar refractivity (Wildman–Crippen MR) is 97.2 cm³/mol. The lowest BCUT2D eigenvalue weighted by atomic mass is 9.80. The molecule has 1 aromatic heterocycles. The summed E-state index contributed by atoms with van der Waals surface area (Å²) in [5.74, 6) is 0.591. The maximum Gasteiger partial charge on any atom is 0.221 e. The molecule has 0 saturated heterocycles. The van der Waals surface area contributed by atoms with Crippen LogP contribution in [0.5, 0.6) is 0 Å². The van der Waals surface area contributed by atoms with Gasteiger partial charge in [0, 0.05) is 31.3 Å². The molecule has 5 heteroatoms. The number of ketones is 1. The molecule has 0 radical (unpaired) electrons. The zero-order valence-electron chi connectivity index (χ0n) is 14.4. The number of carbonyl (C=O) groups is 2. The van der Waals surface area contributed by atoms with Crippen LogP contribution in [0.2, 0.25) is 0 Å². The summed E-state index contributed by atoms with van der Waals surface area (Å²) in [7, 11) is 0. The molecule has 1 aromatic carbocycles. The molecule has 2 unspecified atom stereocenters. The fourth-order valence-corrected chi connectivity index (χ4v) is 3.47. The Labute approximate surface area is 147 Å². The monoisotopic (exact) mass is 337 g/mol. The van der Waals surface area contributed by atoms with Crippen molar-refractivity contribution >= 4 is 17.8 Å². The molecule has 130 valence electrons. The highest BCUT2D eigenvalue weighted by atomic mass is 16.1. The van der Waals surface area contributed by atoms with Crippen molar-refractivity contribution in [1.29, 1.82) is 0 Å². The van der Waals surface area contributed by atoms with Crippen LogP contribution in [0.25, 0.3) is 6.08 Å². The van der Waals surface area contributed by atoms with E-state index < -0.39 is 0 Å². The number of amides is 1. The average molecular weight is 337 g/mol. The normalized spacial score (nSPS) is 20.5. The van der Waals surface area contributed by atoms with Gasteiger partial charge < -0.3 is 10.3 Å². The van der Waals surface area contributed by atoms with Gasteiger partial charge in [0.25, 0.3) is 0 Å². The van der Waals surface area contributed by atoms with Crippen molar-refractivity contribution in [2.24, 2.45) is 0 Å². The molecular weight excluding hydrogens is 314 g/mol. The molecular formula is C20H23N3O2. The summed E-state index contributed by atoms with van der Waals surface area (Å²) in [5, 5.41) is 3.09. The predicted octanol–water partition coefficient (Wildman–Crippen LogP) is 3.47. The standard InChI is InChI=1S/C20H23N3O2/c1-14(24)23-18-5-3-2-4-17(18)16-9-6-15(7-10-16)8-11-19(25)20-21-12-13-22-20/h6-13,17-18H,2-5H2,1H3,(H,21,22)(H,23,24)/b11-8+. The van der Waals surface area contributed by atoms with Gasteiger partial charge in [-0.2, -0.15) is 0 Å². The van der Waals surface area contributed by atoms with Gasteiger partial charge in [0.1, 0.15) is 0 Å². The highest BCUT2D eigenvalue weighted by Gasteiger charge is 2.26. The molecule has 1 fully saturated rings. The SMILES string of the molecule is CC(=O)NC1CCCCC1c1ccc(/C=C/C(=O)c2ncc[nH]2)cc1. The Morgan fingerprint density at radius 1 is 1.20 bits per heavy atom. The number of benzene rings is 1. The maximum absolute atomic E-state index is 11.9. The van der Waals surface area contributed by atoms with E-state index in [1.165, 1.54) is 18.1 Å². The van der Waals surface area contributed by atoms with Crippen LogP contribution in [0.3, 0.4) is 0 Å². The minimum Gasteiger partial charge on any atom is -0.353 e. The van der Waals surface area contributed by atoms with E-state index >= 15 is 0 Å². The molecule has 2 aromatic rings. The summed E-state index contributed by atoms with van der Waals surface area (Å²) >= 11 is 0. The second-order valence-corrected chi connectivity index (χ2v) is 6.50.